The Hall–Kier alpha value is -3.31. The summed E-state index contributed by atoms with van der Waals surface area (Å²) in [5, 5.41) is 25.0. The van der Waals surface area contributed by atoms with Crippen LogP contribution in [0.4, 0.5) is 4.39 Å². The van der Waals surface area contributed by atoms with E-state index < -0.39 is 59.4 Å². The number of rotatable bonds is 11. The number of carboxylic acids is 1. The minimum absolute atomic E-state index is 0.0126. The standard InChI is InChI=1S/C49H68ClFN2O8/c1-27(2)38-33(55)23-48(24-37(56)52-25-49(51,26-54)53-40(57)28-10-12-29(50)13-11-28)21-20-46(8)30(39(38)48)14-15-35-45(7)18-17-36(44(5,6)34(45)16-19-47(35,46)9)61-42(60)32-22-31(41(58)59)43(32,3)4/h10-13,27,30-32,34-36,54H,14-26H2,1-9H3,(H,52,56)(H,53,57)(H,58,59)/t30-,31+,32-,34+,35-,36+,45+,46-,47-,48+,49?/m1/s1. The molecule has 0 saturated heterocycles. The lowest BCUT2D eigenvalue weighted by Crippen LogP contribution is -2.66. The van der Waals surface area contributed by atoms with Crippen LogP contribution in [0.25, 0.3) is 0 Å². The molecule has 10 nitrogen and oxygen atoms in total. The first kappa shape index (κ1) is 45.7. The molecule has 1 aromatic carbocycles. The summed E-state index contributed by atoms with van der Waals surface area (Å²) in [7, 11) is 0. The SMILES string of the molecule is CC(C)C1=C2[C@H]3CC[C@@H]4[C@@]5(C)CC[C@H](OC(=O)[C@H]6C[C@@H](C(=O)O)C6(C)C)C(C)(C)[C@@H]5CC[C@@]4(C)[C@]3(C)CC[C@@]2(CC(=O)NCC(F)(CO)NC(=O)c2ccc(Cl)cc2)CC1=O. The number of amides is 2. The summed E-state index contributed by atoms with van der Waals surface area (Å²) >= 11 is 5.94. The van der Waals surface area contributed by atoms with Crippen LogP contribution in [-0.2, 0) is 23.9 Å². The number of esters is 1. The first-order valence-corrected chi connectivity index (χ1v) is 23.0. The maximum absolute atomic E-state index is 15.9. The Morgan fingerprint density at radius 2 is 1.56 bits per heavy atom. The highest BCUT2D eigenvalue weighted by molar-refractivity contribution is 6.30. The van der Waals surface area contributed by atoms with Gasteiger partial charge in [0.2, 0.25) is 11.7 Å². The molecule has 0 aromatic heterocycles. The van der Waals surface area contributed by atoms with Crippen molar-refractivity contribution in [1.82, 2.24) is 10.6 Å². The van der Waals surface area contributed by atoms with Gasteiger partial charge in [-0.15, -0.1) is 0 Å². The van der Waals surface area contributed by atoms with Gasteiger partial charge in [0.25, 0.3) is 5.91 Å². The number of aliphatic hydroxyl groups excluding tert-OH is 1. The molecule has 12 heteroatoms. The van der Waals surface area contributed by atoms with E-state index in [4.69, 9.17) is 16.3 Å². The third-order valence-corrected chi connectivity index (χ3v) is 18.6. The lowest BCUT2D eigenvalue weighted by molar-refractivity contribution is -0.236. The van der Waals surface area contributed by atoms with Crippen molar-refractivity contribution in [3.05, 3.63) is 46.0 Å². The lowest BCUT2D eigenvalue weighted by Gasteiger charge is -2.72. The van der Waals surface area contributed by atoms with Gasteiger partial charge in [-0.1, -0.05) is 79.5 Å². The number of allylic oxidation sites excluding steroid dienone is 2. The highest BCUT2D eigenvalue weighted by Gasteiger charge is 2.70. The number of hydrogen-bond acceptors (Lipinski definition) is 7. The van der Waals surface area contributed by atoms with Crippen LogP contribution < -0.4 is 10.6 Å². The van der Waals surface area contributed by atoms with Gasteiger partial charge in [-0.25, -0.2) is 4.39 Å². The third-order valence-electron chi connectivity index (χ3n) is 18.4. The number of carbonyl (C=O) groups is 5. The quantitative estimate of drug-likeness (QED) is 0.127. The van der Waals surface area contributed by atoms with Crippen molar-refractivity contribution in [2.75, 3.05) is 13.2 Å². The largest absolute Gasteiger partial charge is 0.481 e. The van der Waals surface area contributed by atoms with Crippen LogP contribution in [0, 0.1) is 68.0 Å². The fourth-order valence-corrected chi connectivity index (χ4v) is 14.9. The molecule has 6 aliphatic carbocycles. The van der Waals surface area contributed by atoms with Crippen LogP contribution in [-0.4, -0.2) is 64.8 Å². The van der Waals surface area contributed by atoms with Gasteiger partial charge in [-0.2, -0.15) is 0 Å². The number of benzene rings is 1. The maximum atomic E-state index is 15.9. The highest BCUT2D eigenvalue weighted by atomic mass is 35.5. The normalized spacial score (nSPS) is 38.1. The number of hydrogen-bond donors (Lipinski definition) is 4. The van der Waals surface area contributed by atoms with E-state index in [1.54, 1.807) is 0 Å². The van der Waals surface area contributed by atoms with Crippen LogP contribution >= 0.6 is 11.6 Å². The molecule has 0 radical (unpaired) electrons. The highest BCUT2D eigenvalue weighted by Crippen LogP contribution is 2.77. The van der Waals surface area contributed by atoms with Crippen molar-refractivity contribution in [1.29, 1.82) is 0 Å². The van der Waals surface area contributed by atoms with Gasteiger partial charge in [-0.3, -0.25) is 24.0 Å². The van der Waals surface area contributed by atoms with Gasteiger partial charge in [-0.05, 0) is 133 Å². The van der Waals surface area contributed by atoms with E-state index in [-0.39, 0.29) is 69.8 Å². The van der Waals surface area contributed by atoms with Gasteiger partial charge >= 0.3 is 11.9 Å². The van der Waals surface area contributed by atoms with Crippen molar-refractivity contribution in [3.8, 4) is 0 Å². The number of nitrogens with one attached hydrogen (secondary N) is 2. The van der Waals surface area contributed by atoms with Crippen LogP contribution in [0.3, 0.4) is 0 Å². The topological polar surface area (TPSA) is 159 Å². The van der Waals surface area contributed by atoms with Crippen molar-refractivity contribution < 1.29 is 43.3 Å². The molecule has 6 aliphatic rings. The number of ketones is 1. The Balaban J connectivity index is 1.09. The first-order valence-electron chi connectivity index (χ1n) is 22.7. The van der Waals surface area contributed by atoms with E-state index in [1.165, 1.54) is 24.3 Å². The number of alkyl halides is 1. The van der Waals surface area contributed by atoms with Crippen molar-refractivity contribution in [2.45, 2.75) is 145 Å². The molecular formula is C49H68ClFN2O8. The number of carboxylic acid groups (broad SMARTS) is 1. The van der Waals surface area contributed by atoms with E-state index >= 15 is 4.39 Å². The molecule has 2 amide bonds. The zero-order valence-electron chi connectivity index (χ0n) is 37.6. The number of carbonyl (C=O) groups excluding carboxylic acids is 4. The maximum Gasteiger partial charge on any atom is 0.309 e. The number of halogens is 2. The van der Waals surface area contributed by atoms with Gasteiger partial charge in [0.05, 0.1) is 25.0 Å². The Kier molecular flexibility index (Phi) is 11.6. The monoisotopic (exact) mass is 866 g/mol. The second-order valence-electron chi connectivity index (χ2n) is 22.3. The summed E-state index contributed by atoms with van der Waals surface area (Å²) in [6.07, 6.45) is 7.38. The van der Waals surface area contributed by atoms with Crippen molar-refractivity contribution in [3.63, 3.8) is 0 Å². The average molecular weight is 868 g/mol. The minimum atomic E-state index is -2.61. The summed E-state index contributed by atoms with van der Waals surface area (Å²) in [5.74, 6) is -5.02. The number of Topliss-reactive ketones (excluding diaryl/α,β-unsaturated/α-hetero) is 1. The third kappa shape index (κ3) is 7.18. The molecule has 1 aromatic rings. The van der Waals surface area contributed by atoms with Crippen molar-refractivity contribution >= 4 is 41.1 Å². The molecule has 4 N–H and O–H groups in total. The van der Waals surface area contributed by atoms with E-state index in [0.29, 0.717) is 29.7 Å². The Morgan fingerprint density at radius 3 is 2.16 bits per heavy atom. The minimum Gasteiger partial charge on any atom is -0.481 e. The Labute approximate surface area is 365 Å². The van der Waals surface area contributed by atoms with Gasteiger partial charge < -0.3 is 25.6 Å². The van der Waals surface area contributed by atoms with Crippen LogP contribution in [0.15, 0.2) is 35.4 Å². The van der Waals surface area contributed by atoms with E-state index in [2.05, 4.69) is 59.1 Å². The predicted octanol–water partition coefficient (Wildman–Crippen LogP) is 8.87. The molecular weight excluding hydrogens is 799 g/mol. The molecule has 5 fully saturated rings. The van der Waals surface area contributed by atoms with Crippen LogP contribution in [0.5, 0.6) is 0 Å². The fraction of sp³-hybridized carbons (Fsp3) is 0.735. The molecule has 7 rings (SSSR count). The summed E-state index contributed by atoms with van der Waals surface area (Å²) in [6.45, 7) is 18.1. The number of fused-ring (bicyclic) bond motifs is 7. The van der Waals surface area contributed by atoms with Gasteiger partial charge in [0.1, 0.15) is 6.10 Å². The van der Waals surface area contributed by atoms with Crippen LogP contribution in [0.2, 0.25) is 5.02 Å². The Morgan fingerprint density at radius 1 is 0.885 bits per heavy atom. The summed E-state index contributed by atoms with van der Waals surface area (Å²) in [4.78, 5) is 66.3. The van der Waals surface area contributed by atoms with Gasteiger partial charge in [0, 0.05) is 34.3 Å². The second-order valence-corrected chi connectivity index (χ2v) is 22.7. The summed E-state index contributed by atoms with van der Waals surface area (Å²) in [5.41, 5.74) is 0.298. The number of ether oxygens (including phenoxy) is 1. The van der Waals surface area contributed by atoms with Gasteiger partial charge in [0.15, 0.2) is 5.78 Å². The molecule has 0 spiro atoms. The zero-order valence-corrected chi connectivity index (χ0v) is 38.4. The number of aliphatic carboxylic acids is 1. The smallest absolute Gasteiger partial charge is 0.309 e. The average Bonchev–Trinajstić information content (AvgIpc) is 3.46. The van der Waals surface area contributed by atoms with Crippen LogP contribution in [0.1, 0.15) is 143 Å². The number of aliphatic hydroxyl groups is 1. The Bertz CT molecular complexity index is 2020. The molecule has 0 aliphatic heterocycles. The molecule has 1 unspecified atom stereocenters. The predicted molar refractivity (Wildman–Crippen MR) is 230 cm³/mol. The first-order chi connectivity index (χ1) is 28.3. The summed E-state index contributed by atoms with van der Waals surface area (Å²) in [6, 6.07) is 5.91. The van der Waals surface area contributed by atoms with Crippen molar-refractivity contribution in [2.24, 2.45) is 68.0 Å². The summed E-state index contributed by atoms with van der Waals surface area (Å²) < 4.78 is 22.3. The molecule has 336 valence electrons. The zero-order chi connectivity index (χ0) is 44.9. The fourth-order valence-electron chi connectivity index (χ4n) is 14.7. The van der Waals surface area contributed by atoms with E-state index in [1.807, 2.05) is 13.8 Å². The molecule has 0 heterocycles. The molecule has 0 bridgehead atoms. The lowest BCUT2D eigenvalue weighted by atomic mass is 9.33. The van der Waals surface area contributed by atoms with E-state index in [9.17, 15) is 34.2 Å². The molecule has 11 atom stereocenters. The molecule has 5 saturated carbocycles. The van der Waals surface area contributed by atoms with E-state index in [0.717, 1.165) is 56.1 Å². The molecule has 61 heavy (non-hydrogen) atoms. The second kappa shape index (κ2) is 15.4.